The van der Waals surface area contributed by atoms with Crippen molar-refractivity contribution < 1.29 is 9.53 Å². The molecule has 3 aromatic rings. The number of carbonyl (C=O) groups excluding carboxylic acids is 1. The van der Waals surface area contributed by atoms with Crippen LogP contribution in [0.3, 0.4) is 0 Å². The molecule has 26 heavy (non-hydrogen) atoms. The lowest BCUT2D eigenvalue weighted by Crippen LogP contribution is -2.19. The van der Waals surface area contributed by atoms with Crippen molar-refractivity contribution in [3.8, 4) is 5.75 Å². The molecule has 2 aromatic carbocycles. The highest BCUT2D eigenvalue weighted by Crippen LogP contribution is 2.26. The zero-order valence-electron chi connectivity index (χ0n) is 14.0. The number of hydrogen-bond acceptors (Lipinski definition) is 4. The second-order valence-electron chi connectivity index (χ2n) is 5.71. The SMILES string of the molecule is Cc1cccc(OCC(=O)Nc2ncc(Cc3ccc(Br)c(Cl)c3)s2)c1. The fourth-order valence-corrected chi connectivity index (χ4v) is 3.62. The van der Waals surface area contributed by atoms with Crippen molar-refractivity contribution in [2.75, 3.05) is 11.9 Å². The van der Waals surface area contributed by atoms with E-state index < -0.39 is 0 Å². The Morgan fingerprint density at radius 1 is 1.31 bits per heavy atom. The molecule has 0 unspecified atom stereocenters. The van der Waals surface area contributed by atoms with Gasteiger partial charge in [0, 0.05) is 22.0 Å². The van der Waals surface area contributed by atoms with E-state index in [9.17, 15) is 4.79 Å². The molecule has 7 heteroatoms. The molecule has 0 spiro atoms. The fourth-order valence-electron chi connectivity index (χ4n) is 2.31. The van der Waals surface area contributed by atoms with Gasteiger partial charge >= 0.3 is 0 Å². The monoisotopic (exact) mass is 450 g/mol. The maximum absolute atomic E-state index is 12.0. The summed E-state index contributed by atoms with van der Waals surface area (Å²) < 4.78 is 6.36. The molecule has 0 aliphatic heterocycles. The van der Waals surface area contributed by atoms with Crippen molar-refractivity contribution in [3.05, 3.63) is 74.2 Å². The van der Waals surface area contributed by atoms with E-state index in [0.29, 0.717) is 22.3 Å². The summed E-state index contributed by atoms with van der Waals surface area (Å²) in [5, 5.41) is 3.99. The van der Waals surface area contributed by atoms with Gasteiger partial charge in [-0.25, -0.2) is 4.98 Å². The number of nitrogens with zero attached hydrogens (tertiary/aromatic N) is 1. The molecule has 134 valence electrons. The highest BCUT2D eigenvalue weighted by Gasteiger charge is 2.09. The Balaban J connectivity index is 1.54. The molecule has 0 radical (unpaired) electrons. The number of thiazole rings is 1. The lowest BCUT2D eigenvalue weighted by atomic mass is 10.1. The van der Waals surface area contributed by atoms with Crippen LogP contribution < -0.4 is 10.1 Å². The molecule has 0 aliphatic carbocycles. The lowest BCUT2D eigenvalue weighted by molar-refractivity contribution is -0.118. The molecule has 0 aliphatic rings. The summed E-state index contributed by atoms with van der Waals surface area (Å²) in [4.78, 5) is 17.3. The number of carbonyl (C=O) groups is 1. The number of halogens is 2. The van der Waals surface area contributed by atoms with Gasteiger partial charge in [-0.05, 0) is 58.2 Å². The highest BCUT2D eigenvalue weighted by atomic mass is 79.9. The number of benzene rings is 2. The van der Waals surface area contributed by atoms with Crippen molar-refractivity contribution >= 4 is 49.9 Å². The Bertz CT molecular complexity index is 929. The van der Waals surface area contributed by atoms with Crippen molar-refractivity contribution in [3.63, 3.8) is 0 Å². The molecule has 1 N–H and O–H groups in total. The Morgan fingerprint density at radius 2 is 2.15 bits per heavy atom. The molecule has 0 atom stereocenters. The smallest absolute Gasteiger partial charge is 0.264 e. The van der Waals surface area contributed by atoms with Crippen LogP contribution in [0.1, 0.15) is 16.0 Å². The van der Waals surface area contributed by atoms with E-state index in [-0.39, 0.29) is 12.5 Å². The minimum atomic E-state index is -0.237. The number of rotatable bonds is 6. The fraction of sp³-hybridized carbons (Fsp3) is 0.158. The second-order valence-corrected chi connectivity index (χ2v) is 8.09. The molecule has 0 fully saturated rings. The maximum Gasteiger partial charge on any atom is 0.264 e. The summed E-state index contributed by atoms with van der Waals surface area (Å²) in [6, 6.07) is 13.4. The molecule has 0 saturated heterocycles. The Morgan fingerprint density at radius 3 is 2.92 bits per heavy atom. The first-order valence-corrected chi connectivity index (χ1v) is 9.86. The van der Waals surface area contributed by atoms with Crippen LogP contribution in [0, 0.1) is 6.92 Å². The van der Waals surface area contributed by atoms with Gasteiger partial charge in [-0.2, -0.15) is 0 Å². The van der Waals surface area contributed by atoms with Crippen LogP contribution in [0.4, 0.5) is 5.13 Å². The summed E-state index contributed by atoms with van der Waals surface area (Å²) in [5.74, 6) is 0.436. The van der Waals surface area contributed by atoms with E-state index in [1.807, 2.05) is 49.4 Å². The van der Waals surface area contributed by atoms with Crippen LogP contribution in [-0.2, 0) is 11.2 Å². The minimum Gasteiger partial charge on any atom is -0.484 e. The van der Waals surface area contributed by atoms with Gasteiger partial charge in [-0.3, -0.25) is 10.1 Å². The standard InChI is InChI=1S/C19H16BrClN2O2S/c1-12-3-2-4-14(7-12)25-11-18(24)23-19-22-10-15(26-19)8-13-5-6-16(20)17(21)9-13/h2-7,9-10H,8,11H2,1H3,(H,22,23,24). The highest BCUT2D eigenvalue weighted by molar-refractivity contribution is 9.10. The summed E-state index contributed by atoms with van der Waals surface area (Å²) in [6.07, 6.45) is 2.47. The Hall–Kier alpha value is -1.89. The molecule has 0 saturated carbocycles. The van der Waals surface area contributed by atoms with E-state index in [1.165, 1.54) is 11.3 Å². The normalized spacial score (nSPS) is 10.6. The van der Waals surface area contributed by atoms with Crippen LogP contribution in [0.5, 0.6) is 5.75 Å². The average molecular weight is 452 g/mol. The zero-order chi connectivity index (χ0) is 18.5. The van der Waals surface area contributed by atoms with Gasteiger partial charge in [0.05, 0.1) is 5.02 Å². The number of aromatic nitrogens is 1. The van der Waals surface area contributed by atoms with Gasteiger partial charge in [0.25, 0.3) is 5.91 Å². The summed E-state index contributed by atoms with van der Waals surface area (Å²) in [6.45, 7) is 1.92. The molecular formula is C19H16BrClN2O2S. The van der Waals surface area contributed by atoms with Gasteiger partial charge in [-0.1, -0.05) is 29.8 Å². The predicted molar refractivity (Wildman–Crippen MR) is 109 cm³/mol. The van der Waals surface area contributed by atoms with Crippen LogP contribution in [0.25, 0.3) is 0 Å². The number of anilines is 1. The van der Waals surface area contributed by atoms with Crippen molar-refractivity contribution in [2.45, 2.75) is 13.3 Å². The first-order chi connectivity index (χ1) is 12.5. The summed E-state index contributed by atoms with van der Waals surface area (Å²) in [7, 11) is 0. The predicted octanol–water partition coefficient (Wildman–Crippen LogP) is 5.48. The maximum atomic E-state index is 12.0. The van der Waals surface area contributed by atoms with E-state index in [0.717, 1.165) is 20.5 Å². The van der Waals surface area contributed by atoms with Gasteiger partial charge in [0.15, 0.2) is 11.7 Å². The molecule has 1 amide bonds. The summed E-state index contributed by atoms with van der Waals surface area (Å²) in [5.41, 5.74) is 2.17. The second kappa shape index (κ2) is 8.66. The molecule has 0 bridgehead atoms. The number of amides is 1. The largest absolute Gasteiger partial charge is 0.484 e. The Labute approximate surface area is 169 Å². The van der Waals surface area contributed by atoms with E-state index >= 15 is 0 Å². The van der Waals surface area contributed by atoms with Crippen molar-refractivity contribution in [2.24, 2.45) is 0 Å². The van der Waals surface area contributed by atoms with Crippen LogP contribution >= 0.6 is 38.9 Å². The molecule has 1 aromatic heterocycles. The third kappa shape index (κ3) is 5.30. The molecule has 4 nitrogen and oxygen atoms in total. The lowest BCUT2D eigenvalue weighted by Gasteiger charge is -2.06. The van der Waals surface area contributed by atoms with Crippen molar-refractivity contribution in [1.82, 2.24) is 4.98 Å². The van der Waals surface area contributed by atoms with E-state index in [1.54, 1.807) is 6.20 Å². The first-order valence-electron chi connectivity index (χ1n) is 7.87. The quantitative estimate of drug-likeness (QED) is 0.540. The van der Waals surface area contributed by atoms with Crippen molar-refractivity contribution in [1.29, 1.82) is 0 Å². The third-order valence-corrected chi connectivity index (χ3v) is 5.67. The van der Waals surface area contributed by atoms with E-state index in [4.69, 9.17) is 16.3 Å². The molecule has 3 rings (SSSR count). The van der Waals surface area contributed by atoms with Gasteiger partial charge in [0.1, 0.15) is 5.75 Å². The van der Waals surface area contributed by atoms with Crippen LogP contribution in [0.2, 0.25) is 5.02 Å². The summed E-state index contributed by atoms with van der Waals surface area (Å²) >= 11 is 10.9. The van der Waals surface area contributed by atoms with Crippen LogP contribution in [0.15, 0.2) is 53.1 Å². The molecular weight excluding hydrogens is 436 g/mol. The number of aryl methyl sites for hydroxylation is 1. The van der Waals surface area contributed by atoms with Gasteiger partial charge < -0.3 is 4.74 Å². The van der Waals surface area contributed by atoms with Gasteiger partial charge in [0.2, 0.25) is 0 Å². The third-order valence-electron chi connectivity index (χ3n) is 3.52. The number of ether oxygens (including phenoxy) is 1. The average Bonchev–Trinajstić information content (AvgIpc) is 3.03. The molecule has 1 heterocycles. The first kappa shape index (κ1) is 18.9. The zero-order valence-corrected chi connectivity index (χ0v) is 17.1. The number of nitrogens with one attached hydrogen (secondary N) is 1. The Kier molecular flexibility index (Phi) is 6.29. The van der Waals surface area contributed by atoms with E-state index in [2.05, 4.69) is 26.2 Å². The van der Waals surface area contributed by atoms with Gasteiger partial charge in [-0.15, -0.1) is 11.3 Å². The number of hydrogen-bond donors (Lipinski definition) is 1. The minimum absolute atomic E-state index is 0.0549. The van der Waals surface area contributed by atoms with Crippen LogP contribution in [-0.4, -0.2) is 17.5 Å². The topological polar surface area (TPSA) is 51.2 Å².